The number of nitrogens with one attached hydrogen (secondary N) is 1. The molecule has 2 rings (SSSR count). The highest BCUT2D eigenvalue weighted by molar-refractivity contribution is 7.99. The number of hydrogen-bond donors (Lipinski definition) is 2. The third kappa shape index (κ3) is 2.12. The van der Waals surface area contributed by atoms with Crippen molar-refractivity contribution >= 4 is 23.3 Å². The van der Waals surface area contributed by atoms with Crippen molar-refractivity contribution in [2.75, 3.05) is 22.6 Å². The predicted molar refractivity (Wildman–Crippen MR) is 62.7 cm³/mol. The van der Waals surface area contributed by atoms with Crippen LogP contribution in [-0.4, -0.2) is 22.5 Å². The Kier molecular flexibility index (Phi) is 2.82. The van der Waals surface area contributed by atoms with E-state index in [9.17, 15) is 0 Å². The first-order valence-electron chi connectivity index (χ1n) is 4.83. The molecule has 1 atom stereocenters. The summed E-state index contributed by atoms with van der Waals surface area (Å²) < 4.78 is 0. The lowest BCUT2D eigenvalue weighted by Gasteiger charge is -2.12. The van der Waals surface area contributed by atoms with Gasteiger partial charge in [0.25, 0.3) is 0 Å². The second kappa shape index (κ2) is 4.09. The highest BCUT2D eigenvalue weighted by Gasteiger charge is 2.15. The second-order valence-electron chi connectivity index (χ2n) is 3.58. The largest absolute Gasteiger partial charge is 0.397 e. The number of nitrogen functional groups attached to an aromatic ring is 1. The minimum Gasteiger partial charge on any atom is -0.397 e. The zero-order valence-corrected chi connectivity index (χ0v) is 9.10. The Morgan fingerprint density at radius 1 is 1.57 bits per heavy atom. The van der Waals surface area contributed by atoms with E-state index >= 15 is 0 Å². The maximum Gasteiger partial charge on any atom is 0.126 e. The van der Waals surface area contributed by atoms with Crippen LogP contribution in [-0.2, 0) is 0 Å². The molecule has 0 bridgehead atoms. The van der Waals surface area contributed by atoms with Gasteiger partial charge in [0.05, 0.1) is 11.4 Å². The number of anilines is 2. The second-order valence-corrected chi connectivity index (χ2v) is 4.73. The Morgan fingerprint density at radius 2 is 2.43 bits per heavy atom. The molecule has 2 heterocycles. The molecule has 0 spiro atoms. The highest BCUT2D eigenvalue weighted by atomic mass is 32.2. The van der Waals surface area contributed by atoms with E-state index in [1.807, 2.05) is 30.8 Å². The van der Waals surface area contributed by atoms with E-state index in [-0.39, 0.29) is 0 Å². The molecule has 1 unspecified atom stereocenters. The summed E-state index contributed by atoms with van der Waals surface area (Å²) >= 11 is 1.99. The Hall–Kier alpha value is -0.900. The highest BCUT2D eigenvalue weighted by Crippen LogP contribution is 2.21. The number of hydrogen-bond acceptors (Lipinski definition) is 4. The number of thioether (sulfide) groups is 1. The number of pyridine rings is 1. The standard InChI is InChI=1S/C10H15N3S/c1-7-9(11)2-3-10(12-7)13-8-4-5-14-6-8/h2-3,8H,4-6,11H2,1H3,(H,12,13). The van der Waals surface area contributed by atoms with Crippen molar-refractivity contribution in [1.29, 1.82) is 0 Å². The van der Waals surface area contributed by atoms with Gasteiger partial charge in [0.2, 0.25) is 0 Å². The van der Waals surface area contributed by atoms with Crippen molar-refractivity contribution in [3.8, 4) is 0 Å². The number of nitrogens with two attached hydrogens (primary N) is 1. The molecular formula is C10H15N3S. The van der Waals surface area contributed by atoms with Gasteiger partial charge in [0.1, 0.15) is 5.82 Å². The van der Waals surface area contributed by atoms with Gasteiger partial charge in [-0.3, -0.25) is 0 Å². The molecule has 3 N–H and O–H groups in total. The quantitative estimate of drug-likeness (QED) is 0.781. The van der Waals surface area contributed by atoms with Crippen LogP contribution >= 0.6 is 11.8 Å². The molecule has 76 valence electrons. The maximum absolute atomic E-state index is 5.70. The zero-order valence-electron chi connectivity index (χ0n) is 8.29. The van der Waals surface area contributed by atoms with E-state index in [0.717, 1.165) is 17.2 Å². The van der Waals surface area contributed by atoms with Crippen molar-refractivity contribution in [2.24, 2.45) is 0 Å². The molecule has 1 saturated heterocycles. The first-order chi connectivity index (χ1) is 6.75. The monoisotopic (exact) mass is 209 g/mol. The van der Waals surface area contributed by atoms with Crippen LogP contribution in [0.25, 0.3) is 0 Å². The van der Waals surface area contributed by atoms with Gasteiger partial charge in [0.15, 0.2) is 0 Å². The molecule has 4 heteroatoms. The minimum atomic E-state index is 0.579. The number of aromatic nitrogens is 1. The van der Waals surface area contributed by atoms with Gasteiger partial charge in [-0.15, -0.1) is 0 Å². The SMILES string of the molecule is Cc1nc(NC2CCSC2)ccc1N. The first kappa shape index (κ1) is 9.65. The van der Waals surface area contributed by atoms with Crippen LogP contribution in [0.4, 0.5) is 11.5 Å². The Morgan fingerprint density at radius 3 is 3.07 bits per heavy atom. The fourth-order valence-electron chi connectivity index (χ4n) is 1.51. The lowest BCUT2D eigenvalue weighted by molar-refractivity contribution is 0.806. The van der Waals surface area contributed by atoms with Gasteiger partial charge in [0, 0.05) is 11.8 Å². The summed E-state index contributed by atoms with van der Waals surface area (Å²) in [6, 6.07) is 4.44. The van der Waals surface area contributed by atoms with Crippen LogP contribution < -0.4 is 11.1 Å². The van der Waals surface area contributed by atoms with Crippen molar-refractivity contribution < 1.29 is 0 Å². The van der Waals surface area contributed by atoms with E-state index in [2.05, 4.69) is 10.3 Å². The molecular weight excluding hydrogens is 194 g/mol. The van der Waals surface area contributed by atoms with E-state index in [4.69, 9.17) is 5.73 Å². The fourth-order valence-corrected chi connectivity index (χ4v) is 2.66. The molecule has 1 aromatic rings. The van der Waals surface area contributed by atoms with Crippen LogP contribution in [0.3, 0.4) is 0 Å². The van der Waals surface area contributed by atoms with E-state index in [1.165, 1.54) is 17.9 Å². The van der Waals surface area contributed by atoms with Crippen LogP contribution in [0.5, 0.6) is 0 Å². The molecule has 1 aliphatic rings. The first-order valence-corrected chi connectivity index (χ1v) is 5.98. The lowest BCUT2D eigenvalue weighted by atomic mass is 10.2. The van der Waals surface area contributed by atoms with Crippen molar-refractivity contribution in [2.45, 2.75) is 19.4 Å². The molecule has 0 amide bonds. The molecule has 1 aromatic heterocycles. The van der Waals surface area contributed by atoms with Gasteiger partial charge in [-0.2, -0.15) is 11.8 Å². The summed E-state index contributed by atoms with van der Waals surface area (Å²) in [5, 5.41) is 3.42. The Bertz CT molecular complexity index is 321. The molecule has 0 radical (unpaired) electrons. The maximum atomic E-state index is 5.70. The summed E-state index contributed by atoms with van der Waals surface area (Å²) in [4.78, 5) is 4.39. The number of nitrogens with zero attached hydrogens (tertiary/aromatic N) is 1. The Labute approximate surface area is 88.5 Å². The summed E-state index contributed by atoms with van der Waals surface area (Å²) in [7, 11) is 0. The average molecular weight is 209 g/mol. The van der Waals surface area contributed by atoms with E-state index in [1.54, 1.807) is 0 Å². The summed E-state index contributed by atoms with van der Waals surface area (Å²) in [5.74, 6) is 3.39. The van der Waals surface area contributed by atoms with Crippen LogP contribution in [0, 0.1) is 6.92 Å². The zero-order chi connectivity index (χ0) is 9.97. The van der Waals surface area contributed by atoms with Crippen LogP contribution in [0.15, 0.2) is 12.1 Å². The smallest absolute Gasteiger partial charge is 0.126 e. The Balaban J connectivity index is 2.05. The molecule has 1 aliphatic heterocycles. The topological polar surface area (TPSA) is 50.9 Å². The van der Waals surface area contributed by atoms with Gasteiger partial charge in [-0.05, 0) is 31.2 Å². The summed E-state index contributed by atoms with van der Waals surface area (Å²) in [5.41, 5.74) is 7.37. The molecule has 14 heavy (non-hydrogen) atoms. The third-order valence-corrected chi connectivity index (χ3v) is 3.57. The van der Waals surface area contributed by atoms with Gasteiger partial charge >= 0.3 is 0 Å². The summed E-state index contributed by atoms with van der Waals surface area (Å²) in [6.45, 7) is 1.93. The molecule has 3 nitrogen and oxygen atoms in total. The lowest BCUT2D eigenvalue weighted by Crippen LogP contribution is -2.19. The van der Waals surface area contributed by atoms with Crippen molar-refractivity contribution in [1.82, 2.24) is 4.98 Å². The summed E-state index contributed by atoms with van der Waals surface area (Å²) in [6.07, 6.45) is 1.23. The van der Waals surface area contributed by atoms with E-state index < -0.39 is 0 Å². The van der Waals surface area contributed by atoms with Crippen LogP contribution in [0.1, 0.15) is 12.1 Å². The number of aryl methyl sites for hydroxylation is 1. The van der Waals surface area contributed by atoms with E-state index in [0.29, 0.717) is 6.04 Å². The predicted octanol–water partition coefficient (Wildman–Crippen LogP) is 1.89. The van der Waals surface area contributed by atoms with Crippen molar-refractivity contribution in [3.63, 3.8) is 0 Å². The minimum absolute atomic E-state index is 0.579. The molecule has 0 saturated carbocycles. The average Bonchev–Trinajstić information content (AvgIpc) is 2.64. The van der Waals surface area contributed by atoms with Gasteiger partial charge in [-0.1, -0.05) is 0 Å². The van der Waals surface area contributed by atoms with Gasteiger partial charge in [-0.25, -0.2) is 4.98 Å². The fraction of sp³-hybridized carbons (Fsp3) is 0.500. The van der Waals surface area contributed by atoms with Gasteiger partial charge < -0.3 is 11.1 Å². The normalized spacial score (nSPS) is 21.1. The number of rotatable bonds is 2. The van der Waals surface area contributed by atoms with Crippen molar-refractivity contribution in [3.05, 3.63) is 17.8 Å². The van der Waals surface area contributed by atoms with Crippen LogP contribution in [0.2, 0.25) is 0 Å². The molecule has 0 aromatic carbocycles. The molecule has 1 fully saturated rings. The molecule has 0 aliphatic carbocycles. The third-order valence-electron chi connectivity index (χ3n) is 2.41.